The summed E-state index contributed by atoms with van der Waals surface area (Å²) in [6.07, 6.45) is 2.19. The van der Waals surface area contributed by atoms with Gasteiger partial charge in [-0.3, -0.25) is 9.59 Å². The minimum Gasteiger partial charge on any atom is -0.349 e. The lowest BCUT2D eigenvalue weighted by atomic mass is 10.1. The van der Waals surface area contributed by atoms with E-state index in [1.807, 2.05) is 35.2 Å². The van der Waals surface area contributed by atoms with Crippen molar-refractivity contribution < 1.29 is 9.59 Å². The van der Waals surface area contributed by atoms with Crippen LogP contribution >= 0.6 is 0 Å². The van der Waals surface area contributed by atoms with Crippen molar-refractivity contribution in [3.05, 3.63) is 35.9 Å². The van der Waals surface area contributed by atoms with Crippen LogP contribution < -0.4 is 5.73 Å². The zero-order valence-electron chi connectivity index (χ0n) is 13.6. The van der Waals surface area contributed by atoms with Crippen LogP contribution in [0.5, 0.6) is 0 Å². The molecule has 0 aliphatic heterocycles. The molecule has 0 fully saturated rings. The molecule has 1 aromatic carbocycles. The highest BCUT2D eigenvalue weighted by molar-refractivity contribution is 5.78. The molecule has 122 valence electrons. The van der Waals surface area contributed by atoms with E-state index in [4.69, 9.17) is 5.73 Å². The Balaban J connectivity index is 2.51. The van der Waals surface area contributed by atoms with Gasteiger partial charge in [-0.25, -0.2) is 0 Å². The molecule has 0 spiro atoms. The lowest BCUT2D eigenvalue weighted by molar-refractivity contribution is -0.132. The predicted octanol–water partition coefficient (Wildman–Crippen LogP) is 1.62. The lowest BCUT2D eigenvalue weighted by Gasteiger charge is -2.23. The maximum atomic E-state index is 12.4. The summed E-state index contributed by atoms with van der Waals surface area (Å²) in [6, 6.07) is 9.92. The molecule has 0 aliphatic rings. The van der Waals surface area contributed by atoms with Gasteiger partial charge in [-0.05, 0) is 24.9 Å². The van der Waals surface area contributed by atoms with Crippen molar-refractivity contribution in [3.8, 4) is 0 Å². The molecule has 2 amide bonds. The average Bonchev–Trinajstić information content (AvgIpc) is 2.52. The van der Waals surface area contributed by atoms with E-state index < -0.39 is 0 Å². The largest absolute Gasteiger partial charge is 0.349 e. The summed E-state index contributed by atoms with van der Waals surface area (Å²) in [5.41, 5.74) is 6.66. The maximum absolute atomic E-state index is 12.4. The molecule has 5 heteroatoms. The molecule has 1 rings (SSSR count). The Morgan fingerprint density at radius 2 is 1.64 bits per heavy atom. The lowest BCUT2D eigenvalue weighted by Crippen LogP contribution is -2.32. The van der Waals surface area contributed by atoms with Crippen LogP contribution in [0.15, 0.2) is 30.3 Å². The van der Waals surface area contributed by atoms with Crippen LogP contribution in [-0.4, -0.2) is 48.8 Å². The van der Waals surface area contributed by atoms with Crippen LogP contribution in [0.3, 0.4) is 0 Å². The first-order valence-electron chi connectivity index (χ1n) is 7.76. The number of rotatable bonds is 9. The molecular weight excluding hydrogens is 278 g/mol. The number of hydrogen-bond acceptors (Lipinski definition) is 3. The summed E-state index contributed by atoms with van der Waals surface area (Å²) in [6.45, 7) is 1.82. The van der Waals surface area contributed by atoms with Gasteiger partial charge in [0, 0.05) is 40.0 Å². The molecule has 0 saturated carbocycles. The minimum absolute atomic E-state index is 0.0596. The van der Waals surface area contributed by atoms with Gasteiger partial charge >= 0.3 is 0 Å². The average molecular weight is 305 g/mol. The molecule has 0 heterocycles. The first-order valence-corrected chi connectivity index (χ1v) is 7.76. The molecular formula is C17H27N3O2. The van der Waals surface area contributed by atoms with Gasteiger partial charge < -0.3 is 15.5 Å². The molecule has 1 aromatic rings. The third-order valence-corrected chi connectivity index (χ3v) is 3.48. The second kappa shape index (κ2) is 9.95. The van der Waals surface area contributed by atoms with Crippen molar-refractivity contribution in [1.82, 2.24) is 9.80 Å². The molecule has 0 unspecified atom stereocenters. The highest BCUT2D eigenvalue weighted by Crippen LogP contribution is 2.09. The van der Waals surface area contributed by atoms with E-state index in [-0.39, 0.29) is 11.8 Å². The normalized spacial score (nSPS) is 10.3. The van der Waals surface area contributed by atoms with E-state index in [2.05, 4.69) is 0 Å². The van der Waals surface area contributed by atoms with Crippen LogP contribution in [0.25, 0.3) is 0 Å². The second-order valence-corrected chi connectivity index (χ2v) is 5.58. The summed E-state index contributed by atoms with van der Waals surface area (Å²) >= 11 is 0. The highest BCUT2D eigenvalue weighted by atomic mass is 16.2. The molecule has 0 aliphatic carbocycles. The summed E-state index contributed by atoms with van der Waals surface area (Å²) in [5.74, 6) is 0.147. The van der Waals surface area contributed by atoms with Gasteiger partial charge in [0.15, 0.2) is 0 Å². The standard InChI is InChI=1S/C17H27N3O2/c1-19(2)16(21)10-6-11-17(22)20(13-7-12-18)14-15-8-4-3-5-9-15/h3-5,8-9H,6-7,10-14,18H2,1-2H3. The quantitative estimate of drug-likeness (QED) is 0.754. The van der Waals surface area contributed by atoms with Crippen molar-refractivity contribution in [2.45, 2.75) is 32.2 Å². The van der Waals surface area contributed by atoms with E-state index in [1.165, 1.54) is 0 Å². The summed E-state index contributed by atoms with van der Waals surface area (Å²) in [7, 11) is 3.46. The zero-order valence-corrected chi connectivity index (χ0v) is 13.6. The van der Waals surface area contributed by atoms with E-state index in [9.17, 15) is 9.59 Å². The first-order chi connectivity index (χ1) is 10.5. The molecule has 0 bridgehead atoms. The van der Waals surface area contributed by atoms with E-state index in [1.54, 1.807) is 19.0 Å². The first kappa shape index (κ1) is 18.2. The third-order valence-electron chi connectivity index (χ3n) is 3.48. The fourth-order valence-electron chi connectivity index (χ4n) is 2.15. The van der Waals surface area contributed by atoms with Crippen molar-refractivity contribution in [1.29, 1.82) is 0 Å². The Bertz CT molecular complexity index is 460. The smallest absolute Gasteiger partial charge is 0.222 e. The molecule has 0 aromatic heterocycles. The zero-order chi connectivity index (χ0) is 16.4. The van der Waals surface area contributed by atoms with Gasteiger partial charge in [-0.1, -0.05) is 30.3 Å². The van der Waals surface area contributed by atoms with Crippen molar-refractivity contribution in [3.63, 3.8) is 0 Å². The van der Waals surface area contributed by atoms with Gasteiger partial charge in [0.1, 0.15) is 0 Å². The van der Waals surface area contributed by atoms with Crippen molar-refractivity contribution >= 4 is 11.8 Å². The molecule has 0 radical (unpaired) electrons. The molecule has 22 heavy (non-hydrogen) atoms. The second-order valence-electron chi connectivity index (χ2n) is 5.58. The number of carbonyl (C=O) groups is 2. The Hall–Kier alpha value is -1.88. The molecule has 2 N–H and O–H groups in total. The fourth-order valence-corrected chi connectivity index (χ4v) is 2.15. The number of benzene rings is 1. The number of hydrogen-bond donors (Lipinski definition) is 1. The van der Waals surface area contributed by atoms with Crippen molar-refractivity contribution in [2.24, 2.45) is 5.73 Å². The third kappa shape index (κ3) is 6.72. The monoisotopic (exact) mass is 305 g/mol. The van der Waals surface area contributed by atoms with E-state index >= 15 is 0 Å². The van der Waals surface area contributed by atoms with Gasteiger partial charge in [0.25, 0.3) is 0 Å². The molecule has 0 atom stereocenters. The van der Waals surface area contributed by atoms with Gasteiger partial charge in [-0.2, -0.15) is 0 Å². The van der Waals surface area contributed by atoms with Gasteiger partial charge in [0.2, 0.25) is 11.8 Å². The Kier molecular flexibility index (Phi) is 8.22. The number of nitrogens with two attached hydrogens (primary N) is 1. The van der Waals surface area contributed by atoms with Crippen LogP contribution in [-0.2, 0) is 16.1 Å². The summed E-state index contributed by atoms with van der Waals surface area (Å²) in [4.78, 5) is 27.3. The number of amides is 2. The van der Waals surface area contributed by atoms with Gasteiger partial charge in [0.05, 0.1) is 0 Å². The Morgan fingerprint density at radius 1 is 1.00 bits per heavy atom. The van der Waals surface area contributed by atoms with Crippen LogP contribution in [0.1, 0.15) is 31.2 Å². The highest BCUT2D eigenvalue weighted by Gasteiger charge is 2.14. The van der Waals surface area contributed by atoms with Crippen LogP contribution in [0.4, 0.5) is 0 Å². The van der Waals surface area contributed by atoms with Crippen LogP contribution in [0, 0.1) is 0 Å². The van der Waals surface area contributed by atoms with E-state index in [0.29, 0.717) is 38.9 Å². The summed E-state index contributed by atoms with van der Waals surface area (Å²) < 4.78 is 0. The van der Waals surface area contributed by atoms with Crippen molar-refractivity contribution in [2.75, 3.05) is 27.2 Å². The van der Waals surface area contributed by atoms with E-state index in [0.717, 1.165) is 12.0 Å². The molecule has 0 saturated heterocycles. The van der Waals surface area contributed by atoms with Crippen LogP contribution in [0.2, 0.25) is 0 Å². The Labute approximate surface area is 133 Å². The Morgan fingerprint density at radius 3 is 2.23 bits per heavy atom. The molecule has 5 nitrogen and oxygen atoms in total. The fraction of sp³-hybridized carbons (Fsp3) is 0.529. The summed E-state index contributed by atoms with van der Waals surface area (Å²) in [5, 5.41) is 0. The maximum Gasteiger partial charge on any atom is 0.222 e. The number of nitrogens with zero attached hydrogens (tertiary/aromatic N) is 2. The SMILES string of the molecule is CN(C)C(=O)CCCC(=O)N(CCCN)Cc1ccccc1. The van der Waals surface area contributed by atoms with Gasteiger partial charge in [-0.15, -0.1) is 0 Å². The minimum atomic E-state index is 0.0596. The number of carbonyl (C=O) groups excluding carboxylic acids is 2. The predicted molar refractivity (Wildman–Crippen MR) is 88.1 cm³/mol. The topological polar surface area (TPSA) is 66.6 Å².